The molecule has 2 heterocycles. The van der Waals surface area contributed by atoms with Gasteiger partial charge in [-0.25, -0.2) is 9.48 Å². The zero-order chi connectivity index (χ0) is 20.3. The van der Waals surface area contributed by atoms with Gasteiger partial charge in [0, 0.05) is 37.7 Å². The van der Waals surface area contributed by atoms with Gasteiger partial charge in [-0.15, -0.1) is 0 Å². The summed E-state index contributed by atoms with van der Waals surface area (Å²) in [4.78, 5) is 29.7. The third-order valence-corrected chi connectivity index (χ3v) is 5.48. The second-order valence-corrected chi connectivity index (χ2v) is 7.82. The molecule has 1 fully saturated rings. The molecule has 0 bridgehead atoms. The van der Waals surface area contributed by atoms with Crippen molar-refractivity contribution in [2.45, 2.75) is 45.7 Å². The van der Waals surface area contributed by atoms with Crippen LogP contribution in [0.1, 0.15) is 47.4 Å². The van der Waals surface area contributed by atoms with Crippen molar-refractivity contribution in [1.82, 2.24) is 24.1 Å². The van der Waals surface area contributed by atoms with Crippen LogP contribution in [0.5, 0.6) is 0 Å². The number of hydrogen-bond acceptors (Lipinski definition) is 4. The summed E-state index contributed by atoms with van der Waals surface area (Å²) < 4.78 is 3.34. The van der Waals surface area contributed by atoms with Crippen LogP contribution < -0.4 is 5.69 Å². The van der Waals surface area contributed by atoms with Crippen molar-refractivity contribution in [1.29, 1.82) is 0 Å². The average molecular weight is 386 g/mol. The molecule has 1 amide bonds. The van der Waals surface area contributed by atoms with Gasteiger partial charge in [-0.1, -0.05) is 18.2 Å². The predicted octanol–water partition coefficient (Wildman–Crippen LogP) is 1.95. The van der Waals surface area contributed by atoms with Crippen LogP contribution in [0.3, 0.4) is 0 Å². The second-order valence-electron chi connectivity index (χ2n) is 7.82. The molecule has 0 radical (unpaired) electrons. The van der Waals surface area contributed by atoms with Gasteiger partial charge in [-0.3, -0.25) is 9.36 Å². The Bertz CT molecular complexity index is 883. The Labute approximate surface area is 166 Å². The van der Waals surface area contributed by atoms with Crippen molar-refractivity contribution >= 4 is 5.91 Å². The fraction of sp³-hybridized carbons (Fsp3) is 0.571. The maximum Gasteiger partial charge on any atom is 0.345 e. The van der Waals surface area contributed by atoms with Crippen molar-refractivity contribution in [3.63, 3.8) is 0 Å². The molecule has 1 unspecified atom stereocenters. The van der Waals surface area contributed by atoms with E-state index in [0.717, 1.165) is 42.9 Å². The Morgan fingerprint density at radius 1 is 1.29 bits per heavy atom. The molecule has 152 valence electrons. The number of likely N-dealkylation sites (tertiary alicyclic amines) is 1. The van der Waals surface area contributed by atoms with Crippen LogP contribution in [0.4, 0.5) is 0 Å². The molecule has 1 aliphatic rings. The van der Waals surface area contributed by atoms with Crippen LogP contribution in [-0.4, -0.2) is 63.8 Å². The van der Waals surface area contributed by atoms with E-state index in [9.17, 15) is 9.59 Å². The van der Waals surface area contributed by atoms with E-state index >= 15 is 0 Å². The van der Waals surface area contributed by atoms with Gasteiger partial charge in [-0.05, 0) is 52.4 Å². The molecule has 0 saturated carbocycles. The first-order valence-electron chi connectivity index (χ1n) is 10.1. The predicted molar refractivity (Wildman–Crippen MR) is 110 cm³/mol. The number of benzene rings is 1. The molecule has 7 heteroatoms. The Kier molecular flexibility index (Phi) is 6.34. The van der Waals surface area contributed by atoms with Crippen molar-refractivity contribution in [2.24, 2.45) is 0 Å². The van der Waals surface area contributed by atoms with E-state index in [2.05, 4.69) is 5.10 Å². The van der Waals surface area contributed by atoms with Crippen LogP contribution in [0.2, 0.25) is 0 Å². The lowest BCUT2D eigenvalue weighted by atomic mass is 9.96. The molecule has 1 aromatic heterocycles. The average Bonchev–Trinajstić information content (AvgIpc) is 3.02. The topological polar surface area (TPSA) is 63.4 Å². The molecule has 0 N–H and O–H groups in total. The number of amides is 1. The second kappa shape index (κ2) is 8.73. The molecule has 0 spiro atoms. The normalized spacial score (nSPS) is 17.3. The summed E-state index contributed by atoms with van der Waals surface area (Å²) in [7, 11) is 3.97. The van der Waals surface area contributed by atoms with Crippen molar-refractivity contribution in [3.8, 4) is 0 Å². The maximum atomic E-state index is 13.0. The summed E-state index contributed by atoms with van der Waals surface area (Å²) in [6.45, 7) is 7.24. The number of nitrogens with zero attached hydrogens (tertiary/aromatic N) is 5. The summed E-state index contributed by atoms with van der Waals surface area (Å²) in [6.07, 6.45) is 1.87. The van der Waals surface area contributed by atoms with Crippen molar-refractivity contribution < 1.29 is 4.79 Å². The maximum absolute atomic E-state index is 13.0. The minimum atomic E-state index is -0.0540. The quantitative estimate of drug-likeness (QED) is 0.763. The molecule has 28 heavy (non-hydrogen) atoms. The fourth-order valence-corrected chi connectivity index (χ4v) is 3.85. The third-order valence-electron chi connectivity index (χ3n) is 5.48. The standard InChI is InChI=1S/C21H31N5O2/c1-5-25-19(22-26(21(25)28)14-13-23(3)4)17-10-8-12-24(15-17)20(27)18-11-7-6-9-16(18)2/h6-7,9,11,17H,5,8,10,12-15H2,1-4H3. The summed E-state index contributed by atoms with van der Waals surface area (Å²) in [6, 6.07) is 7.71. The van der Waals surface area contributed by atoms with E-state index in [-0.39, 0.29) is 17.5 Å². The monoisotopic (exact) mass is 385 g/mol. The molecule has 1 atom stereocenters. The lowest BCUT2D eigenvalue weighted by molar-refractivity contribution is 0.0702. The van der Waals surface area contributed by atoms with Gasteiger partial charge in [0.2, 0.25) is 0 Å². The fourth-order valence-electron chi connectivity index (χ4n) is 3.85. The number of carbonyl (C=O) groups is 1. The number of rotatable bonds is 6. The minimum absolute atomic E-state index is 0.0540. The number of hydrogen-bond donors (Lipinski definition) is 0. The van der Waals surface area contributed by atoms with Gasteiger partial charge >= 0.3 is 5.69 Å². The lowest BCUT2D eigenvalue weighted by Crippen LogP contribution is -2.40. The molecular weight excluding hydrogens is 354 g/mol. The molecule has 7 nitrogen and oxygen atoms in total. The number of likely N-dealkylation sites (N-methyl/N-ethyl adjacent to an activating group) is 1. The lowest BCUT2D eigenvalue weighted by Gasteiger charge is -2.32. The molecule has 1 aromatic carbocycles. The van der Waals surface area contributed by atoms with E-state index < -0.39 is 0 Å². The minimum Gasteiger partial charge on any atom is -0.338 e. The Morgan fingerprint density at radius 2 is 2.04 bits per heavy atom. The molecule has 2 aromatic rings. The van der Waals surface area contributed by atoms with Gasteiger partial charge < -0.3 is 9.80 Å². The van der Waals surface area contributed by atoms with E-state index in [1.165, 1.54) is 0 Å². The van der Waals surface area contributed by atoms with Gasteiger partial charge in [0.05, 0.1) is 6.54 Å². The van der Waals surface area contributed by atoms with Gasteiger partial charge in [0.1, 0.15) is 5.82 Å². The smallest absolute Gasteiger partial charge is 0.338 e. The summed E-state index contributed by atoms with van der Waals surface area (Å²) in [5.74, 6) is 0.976. The summed E-state index contributed by atoms with van der Waals surface area (Å²) in [5.41, 5.74) is 1.70. The Morgan fingerprint density at radius 3 is 2.71 bits per heavy atom. The first-order valence-corrected chi connectivity index (χ1v) is 10.1. The molecular formula is C21H31N5O2. The van der Waals surface area contributed by atoms with Crippen LogP contribution in [-0.2, 0) is 13.1 Å². The third kappa shape index (κ3) is 4.19. The van der Waals surface area contributed by atoms with E-state index in [4.69, 9.17) is 0 Å². The van der Waals surface area contributed by atoms with Gasteiger partial charge in [0.15, 0.2) is 0 Å². The first kappa shape index (κ1) is 20.3. The van der Waals surface area contributed by atoms with Crippen LogP contribution >= 0.6 is 0 Å². The number of carbonyl (C=O) groups excluding carboxylic acids is 1. The molecule has 0 aliphatic carbocycles. The zero-order valence-electron chi connectivity index (χ0n) is 17.4. The number of aryl methyl sites for hydroxylation is 1. The largest absolute Gasteiger partial charge is 0.345 e. The van der Waals surface area contributed by atoms with Gasteiger partial charge in [0.25, 0.3) is 5.91 Å². The molecule has 3 rings (SSSR count). The highest BCUT2D eigenvalue weighted by atomic mass is 16.2. The Hall–Kier alpha value is -2.41. The first-order chi connectivity index (χ1) is 13.4. The van der Waals surface area contributed by atoms with E-state index in [1.54, 1.807) is 9.25 Å². The summed E-state index contributed by atoms with van der Waals surface area (Å²) in [5, 5.41) is 4.66. The van der Waals surface area contributed by atoms with E-state index in [1.807, 2.05) is 62.0 Å². The van der Waals surface area contributed by atoms with Crippen molar-refractivity contribution in [3.05, 3.63) is 51.7 Å². The van der Waals surface area contributed by atoms with Crippen LogP contribution in [0.25, 0.3) is 0 Å². The number of piperidine rings is 1. The summed E-state index contributed by atoms with van der Waals surface area (Å²) >= 11 is 0. The number of aromatic nitrogens is 3. The Balaban J connectivity index is 1.82. The highest BCUT2D eigenvalue weighted by Crippen LogP contribution is 2.26. The molecule has 1 saturated heterocycles. The highest BCUT2D eigenvalue weighted by Gasteiger charge is 2.30. The van der Waals surface area contributed by atoms with E-state index in [0.29, 0.717) is 19.6 Å². The van der Waals surface area contributed by atoms with Crippen LogP contribution in [0.15, 0.2) is 29.1 Å². The van der Waals surface area contributed by atoms with Gasteiger partial charge in [-0.2, -0.15) is 5.10 Å². The molecule has 1 aliphatic heterocycles. The van der Waals surface area contributed by atoms with Crippen LogP contribution in [0, 0.1) is 6.92 Å². The highest BCUT2D eigenvalue weighted by molar-refractivity contribution is 5.95. The zero-order valence-corrected chi connectivity index (χ0v) is 17.4. The van der Waals surface area contributed by atoms with Crippen molar-refractivity contribution in [2.75, 3.05) is 33.7 Å². The SMILES string of the molecule is CCn1c(C2CCCN(C(=O)c3ccccc3C)C2)nn(CCN(C)C)c1=O.